The van der Waals surface area contributed by atoms with E-state index < -0.39 is 0 Å². The Morgan fingerprint density at radius 1 is 1.40 bits per heavy atom. The van der Waals surface area contributed by atoms with E-state index in [1.165, 1.54) is 31.5 Å². The van der Waals surface area contributed by atoms with Gasteiger partial charge in [0.1, 0.15) is 0 Å². The van der Waals surface area contributed by atoms with Gasteiger partial charge in [-0.2, -0.15) is 0 Å². The van der Waals surface area contributed by atoms with Gasteiger partial charge in [-0.15, -0.1) is 0 Å². The van der Waals surface area contributed by atoms with Gasteiger partial charge in [-0.1, -0.05) is 27.4 Å². The van der Waals surface area contributed by atoms with Gasteiger partial charge in [0.15, 0.2) is 0 Å². The maximum Gasteiger partial charge on any atom is 0.0202 e. The fourth-order valence-corrected chi connectivity index (χ4v) is 1.94. The van der Waals surface area contributed by atoms with Crippen molar-refractivity contribution in [1.82, 2.24) is 10.2 Å². The van der Waals surface area contributed by atoms with Crippen LogP contribution >= 0.6 is 0 Å². The number of nitrogens with one attached hydrogen (secondary N) is 1. The lowest BCUT2D eigenvalue weighted by Crippen LogP contribution is -2.36. The van der Waals surface area contributed by atoms with Gasteiger partial charge in [-0.3, -0.25) is 4.90 Å². The molecule has 0 radical (unpaired) electrons. The van der Waals surface area contributed by atoms with E-state index in [9.17, 15) is 0 Å². The zero-order chi connectivity index (χ0) is 11.3. The Labute approximate surface area is 94.7 Å². The standard InChI is InChI=1S/C13H26N2/c1-11(2)14-9-13(4)10-15-7-5-12(3)6-8-15/h11-12,14H,4-10H2,1-3H3. The van der Waals surface area contributed by atoms with Crippen LogP contribution in [0.5, 0.6) is 0 Å². The molecule has 1 aliphatic rings. The van der Waals surface area contributed by atoms with Crippen molar-refractivity contribution in [3.63, 3.8) is 0 Å². The average molecular weight is 210 g/mol. The first-order chi connectivity index (χ1) is 7.08. The van der Waals surface area contributed by atoms with Gasteiger partial charge in [-0.05, 0) is 37.4 Å². The van der Waals surface area contributed by atoms with Crippen molar-refractivity contribution in [1.29, 1.82) is 0 Å². The topological polar surface area (TPSA) is 15.3 Å². The second-order valence-electron chi connectivity index (χ2n) is 5.24. The molecule has 1 fully saturated rings. The molecule has 0 atom stereocenters. The van der Waals surface area contributed by atoms with Crippen molar-refractivity contribution in [2.75, 3.05) is 26.2 Å². The molecule has 0 saturated carbocycles. The first-order valence-corrected chi connectivity index (χ1v) is 6.20. The number of piperidine rings is 1. The molecule has 0 aliphatic carbocycles. The number of hydrogen-bond donors (Lipinski definition) is 1. The predicted octanol–water partition coefficient (Wildman–Crippen LogP) is 2.27. The maximum absolute atomic E-state index is 4.14. The molecular formula is C13H26N2. The summed E-state index contributed by atoms with van der Waals surface area (Å²) in [6.07, 6.45) is 2.70. The smallest absolute Gasteiger partial charge is 0.0202 e. The molecule has 0 aromatic carbocycles. The number of likely N-dealkylation sites (tertiary alicyclic amines) is 1. The van der Waals surface area contributed by atoms with E-state index in [-0.39, 0.29) is 0 Å². The number of nitrogens with zero attached hydrogens (tertiary/aromatic N) is 1. The molecular weight excluding hydrogens is 184 g/mol. The number of hydrogen-bond acceptors (Lipinski definition) is 2. The van der Waals surface area contributed by atoms with Crippen molar-refractivity contribution in [2.45, 2.75) is 39.7 Å². The molecule has 0 aromatic heterocycles. The lowest BCUT2D eigenvalue weighted by atomic mass is 9.99. The van der Waals surface area contributed by atoms with Gasteiger partial charge >= 0.3 is 0 Å². The monoisotopic (exact) mass is 210 g/mol. The fraction of sp³-hybridized carbons (Fsp3) is 0.846. The van der Waals surface area contributed by atoms with Crippen LogP contribution in [0, 0.1) is 5.92 Å². The Morgan fingerprint density at radius 3 is 2.53 bits per heavy atom. The van der Waals surface area contributed by atoms with Crippen LogP contribution in [0.4, 0.5) is 0 Å². The Hall–Kier alpha value is -0.340. The second-order valence-corrected chi connectivity index (χ2v) is 5.24. The zero-order valence-electron chi connectivity index (χ0n) is 10.6. The Kier molecular flexibility index (Phi) is 5.34. The Morgan fingerprint density at radius 2 is 2.00 bits per heavy atom. The van der Waals surface area contributed by atoms with E-state index in [0.717, 1.165) is 19.0 Å². The lowest BCUT2D eigenvalue weighted by molar-refractivity contribution is 0.205. The minimum Gasteiger partial charge on any atom is -0.311 e. The molecule has 1 saturated heterocycles. The van der Waals surface area contributed by atoms with Crippen molar-refractivity contribution >= 4 is 0 Å². The van der Waals surface area contributed by atoms with Crippen LogP contribution in [0.25, 0.3) is 0 Å². The molecule has 2 heteroatoms. The third-order valence-corrected chi connectivity index (χ3v) is 3.08. The van der Waals surface area contributed by atoms with Gasteiger partial charge in [-0.25, -0.2) is 0 Å². The van der Waals surface area contributed by atoms with Gasteiger partial charge < -0.3 is 5.32 Å². The van der Waals surface area contributed by atoms with E-state index in [2.05, 4.69) is 37.6 Å². The molecule has 0 spiro atoms. The molecule has 15 heavy (non-hydrogen) atoms. The molecule has 1 rings (SSSR count). The van der Waals surface area contributed by atoms with Crippen LogP contribution in [0.15, 0.2) is 12.2 Å². The van der Waals surface area contributed by atoms with Crippen molar-refractivity contribution in [3.8, 4) is 0 Å². The van der Waals surface area contributed by atoms with E-state index >= 15 is 0 Å². The van der Waals surface area contributed by atoms with E-state index in [1.807, 2.05) is 0 Å². The quantitative estimate of drug-likeness (QED) is 0.700. The summed E-state index contributed by atoms with van der Waals surface area (Å²) in [7, 11) is 0. The van der Waals surface area contributed by atoms with Crippen LogP contribution in [-0.2, 0) is 0 Å². The largest absolute Gasteiger partial charge is 0.311 e. The second kappa shape index (κ2) is 6.29. The van der Waals surface area contributed by atoms with Gasteiger partial charge in [0.25, 0.3) is 0 Å². The predicted molar refractivity (Wildman–Crippen MR) is 67.1 cm³/mol. The van der Waals surface area contributed by atoms with Gasteiger partial charge in [0.05, 0.1) is 0 Å². The summed E-state index contributed by atoms with van der Waals surface area (Å²) in [6, 6.07) is 0.558. The highest BCUT2D eigenvalue weighted by Crippen LogP contribution is 2.16. The van der Waals surface area contributed by atoms with Crippen LogP contribution in [0.3, 0.4) is 0 Å². The third kappa shape index (κ3) is 5.33. The first kappa shape index (κ1) is 12.7. The Balaban J connectivity index is 2.15. The molecule has 0 bridgehead atoms. The number of rotatable bonds is 5. The highest BCUT2D eigenvalue weighted by atomic mass is 15.1. The summed E-state index contributed by atoms with van der Waals surface area (Å²) >= 11 is 0. The summed E-state index contributed by atoms with van der Waals surface area (Å²) in [5.41, 5.74) is 1.32. The molecule has 88 valence electrons. The van der Waals surface area contributed by atoms with E-state index in [1.54, 1.807) is 0 Å². The van der Waals surface area contributed by atoms with Crippen molar-refractivity contribution < 1.29 is 0 Å². The van der Waals surface area contributed by atoms with Crippen LogP contribution < -0.4 is 5.32 Å². The zero-order valence-corrected chi connectivity index (χ0v) is 10.6. The third-order valence-electron chi connectivity index (χ3n) is 3.08. The van der Waals surface area contributed by atoms with Crippen LogP contribution in [0.1, 0.15) is 33.6 Å². The van der Waals surface area contributed by atoms with Gasteiger partial charge in [0.2, 0.25) is 0 Å². The van der Waals surface area contributed by atoms with Crippen molar-refractivity contribution in [3.05, 3.63) is 12.2 Å². The summed E-state index contributed by atoms with van der Waals surface area (Å²) in [5, 5.41) is 3.42. The van der Waals surface area contributed by atoms with Crippen LogP contribution in [0.2, 0.25) is 0 Å². The van der Waals surface area contributed by atoms with Crippen LogP contribution in [-0.4, -0.2) is 37.1 Å². The highest BCUT2D eigenvalue weighted by Gasteiger charge is 2.15. The summed E-state index contributed by atoms with van der Waals surface area (Å²) in [4.78, 5) is 2.53. The average Bonchev–Trinajstić information content (AvgIpc) is 2.19. The Bertz CT molecular complexity index is 191. The summed E-state index contributed by atoms with van der Waals surface area (Å²) < 4.78 is 0. The summed E-state index contributed by atoms with van der Waals surface area (Å²) in [5.74, 6) is 0.920. The first-order valence-electron chi connectivity index (χ1n) is 6.20. The lowest BCUT2D eigenvalue weighted by Gasteiger charge is -2.30. The molecule has 1 N–H and O–H groups in total. The minimum absolute atomic E-state index is 0.558. The van der Waals surface area contributed by atoms with Crippen molar-refractivity contribution in [2.24, 2.45) is 5.92 Å². The SMILES string of the molecule is C=C(CNC(C)C)CN1CCC(C)CC1. The van der Waals surface area contributed by atoms with E-state index in [0.29, 0.717) is 6.04 Å². The van der Waals surface area contributed by atoms with E-state index in [4.69, 9.17) is 0 Å². The molecule has 1 aliphatic heterocycles. The highest BCUT2D eigenvalue weighted by molar-refractivity contribution is 5.00. The maximum atomic E-state index is 4.14. The normalized spacial score (nSPS) is 19.7. The summed E-state index contributed by atoms with van der Waals surface area (Å²) in [6.45, 7) is 15.4. The van der Waals surface area contributed by atoms with Gasteiger partial charge in [0, 0.05) is 19.1 Å². The molecule has 0 amide bonds. The minimum atomic E-state index is 0.558. The fourth-order valence-electron chi connectivity index (χ4n) is 1.94. The molecule has 2 nitrogen and oxygen atoms in total. The molecule has 0 unspecified atom stereocenters. The molecule has 0 aromatic rings. The molecule has 1 heterocycles.